The van der Waals surface area contributed by atoms with Crippen LogP contribution in [0.15, 0.2) is 46.2 Å². The van der Waals surface area contributed by atoms with Crippen LogP contribution >= 0.6 is 24.3 Å². The van der Waals surface area contributed by atoms with Gasteiger partial charge in [0.1, 0.15) is 17.6 Å². The van der Waals surface area contributed by atoms with Crippen LogP contribution in [0.2, 0.25) is 0 Å². The first-order valence-electron chi connectivity index (χ1n) is 9.73. The summed E-state index contributed by atoms with van der Waals surface area (Å²) < 4.78 is 29.7. The monoisotopic (exact) mass is 492 g/mol. The first-order valence-corrected chi connectivity index (χ1v) is 11.2. The van der Waals surface area contributed by atoms with Gasteiger partial charge in [0.05, 0.1) is 46.3 Å². The van der Waals surface area contributed by atoms with Crippen LogP contribution in [0.3, 0.4) is 0 Å². The van der Waals surface area contributed by atoms with Crippen LogP contribution in [0.25, 0.3) is 0 Å². The molecule has 2 rings (SSSR count). The quantitative estimate of drug-likeness (QED) is 0.280. The molecule has 180 valence electrons. The number of phenols is 2. The van der Waals surface area contributed by atoms with E-state index in [0.717, 1.165) is 0 Å². The average molecular weight is 493 g/mol. The standard InChI is InChI=1S/C11H16FNO3S.C10H14FNO2S/c1-13-6-9(15)11(16-2)7-3-4-10(17-12)8(14)5-7;1-12-5-4-8(13)7-2-3-10(15-11)9(14)6-7/h3-5,9,11,13-15H,6H2,1-2H3;2-3,6,8,12-14H,4-5H2,1H3. The molecule has 0 amide bonds. The molecule has 0 heterocycles. The van der Waals surface area contributed by atoms with Crippen LogP contribution < -0.4 is 10.6 Å². The Labute approximate surface area is 195 Å². The van der Waals surface area contributed by atoms with Gasteiger partial charge in [-0.15, -0.1) is 0 Å². The van der Waals surface area contributed by atoms with E-state index in [9.17, 15) is 28.2 Å². The molecule has 0 aliphatic heterocycles. The summed E-state index contributed by atoms with van der Waals surface area (Å²) in [4.78, 5) is 0.311. The molecule has 32 heavy (non-hydrogen) atoms. The third kappa shape index (κ3) is 8.74. The highest BCUT2D eigenvalue weighted by molar-refractivity contribution is 7.94. The number of aliphatic hydroxyl groups excluding tert-OH is 2. The van der Waals surface area contributed by atoms with Gasteiger partial charge in [-0.1, -0.05) is 12.1 Å². The molecule has 0 spiro atoms. The SMILES string of the molecule is CNCC(O)C(OC)c1ccc(SF)c(O)c1.CNCCC(O)c1ccc(SF)c(O)c1. The van der Waals surface area contributed by atoms with Gasteiger partial charge in [-0.2, -0.15) is 7.77 Å². The van der Waals surface area contributed by atoms with E-state index in [4.69, 9.17) is 4.74 Å². The molecule has 2 aromatic rings. The van der Waals surface area contributed by atoms with Gasteiger partial charge >= 0.3 is 0 Å². The zero-order valence-electron chi connectivity index (χ0n) is 18.1. The van der Waals surface area contributed by atoms with Crippen molar-refractivity contribution in [3.05, 3.63) is 47.5 Å². The Morgan fingerprint density at radius 1 is 0.906 bits per heavy atom. The number of hydrogen-bond donors (Lipinski definition) is 6. The Balaban J connectivity index is 0.000000323. The minimum absolute atomic E-state index is 0.0103. The zero-order valence-corrected chi connectivity index (χ0v) is 19.7. The Morgan fingerprint density at radius 2 is 1.44 bits per heavy atom. The van der Waals surface area contributed by atoms with E-state index in [-0.39, 0.29) is 45.6 Å². The topological polar surface area (TPSA) is 114 Å². The van der Waals surface area contributed by atoms with Gasteiger partial charge in [-0.05, 0) is 62.5 Å². The van der Waals surface area contributed by atoms with Crippen molar-refractivity contribution in [3.63, 3.8) is 0 Å². The number of rotatable bonds is 11. The molecule has 2 aromatic carbocycles. The van der Waals surface area contributed by atoms with E-state index in [0.29, 0.717) is 30.6 Å². The first kappa shape index (κ1) is 28.4. The van der Waals surface area contributed by atoms with Crippen LogP contribution in [0.1, 0.15) is 29.8 Å². The fourth-order valence-electron chi connectivity index (χ4n) is 2.86. The number of ether oxygens (including phenoxy) is 1. The van der Waals surface area contributed by atoms with Gasteiger partial charge in [0.15, 0.2) is 0 Å². The molecule has 3 unspecified atom stereocenters. The molecule has 11 heteroatoms. The number of halogens is 2. The highest BCUT2D eigenvalue weighted by Gasteiger charge is 2.21. The number of aromatic hydroxyl groups is 2. The molecular formula is C21H30F2N2O5S2. The number of likely N-dealkylation sites (N-methyl/N-ethyl adjacent to an activating group) is 1. The molecule has 6 N–H and O–H groups in total. The molecule has 0 fully saturated rings. The van der Waals surface area contributed by atoms with Gasteiger partial charge < -0.3 is 35.8 Å². The van der Waals surface area contributed by atoms with Gasteiger partial charge in [0.2, 0.25) is 0 Å². The molecule has 7 nitrogen and oxygen atoms in total. The maximum absolute atomic E-state index is 12.3. The van der Waals surface area contributed by atoms with Crippen molar-refractivity contribution in [1.82, 2.24) is 10.6 Å². The van der Waals surface area contributed by atoms with Crippen molar-refractivity contribution in [2.75, 3.05) is 34.3 Å². The molecular weight excluding hydrogens is 462 g/mol. The second-order valence-corrected chi connectivity index (χ2v) is 7.99. The Hall–Kier alpha value is -1.60. The third-order valence-electron chi connectivity index (χ3n) is 4.53. The van der Waals surface area contributed by atoms with Crippen LogP contribution in [-0.4, -0.2) is 60.8 Å². The molecule has 0 radical (unpaired) electrons. The maximum atomic E-state index is 12.3. The van der Waals surface area contributed by atoms with E-state index in [1.165, 1.54) is 31.4 Å². The highest BCUT2D eigenvalue weighted by atomic mass is 32.2. The summed E-state index contributed by atoms with van der Waals surface area (Å²) >= 11 is -0.0338. The lowest BCUT2D eigenvalue weighted by Gasteiger charge is -2.22. The molecule has 0 aliphatic carbocycles. The van der Waals surface area contributed by atoms with Crippen LogP contribution in [0, 0.1) is 0 Å². The lowest BCUT2D eigenvalue weighted by Crippen LogP contribution is -2.30. The molecule has 0 aromatic heterocycles. The zero-order chi connectivity index (χ0) is 24.1. The normalized spacial score (nSPS) is 13.7. The van der Waals surface area contributed by atoms with Crippen LogP contribution in [0.4, 0.5) is 7.77 Å². The molecule has 0 bridgehead atoms. The number of nitrogens with one attached hydrogen (secondary N) is 2. The summed E-state index contributed by atoms with van der Waals surface area (Å²) in [5.74, 6) is -0.294. The van der Waals surface area contributed by atoms with E-state index >= 15 is 0 Å². The van der Waals surface area contributed by atoms with Gasteiger partial charge in [0, 0.05) is 13.7 Å². The second kappa shape index (κ2) is 15.3. The van der Waals surface area contributed by atoms with Crippen LogP contribution in [0.5, 0.6) is 11.5 Å². The highest BCUT2D eigenvalue weighted by Crippen LogP contribution is 2.33. The lowest BCUT2D eigenvalue weighted by molar-refractivity contribution is -0.0117. The van der Waals surface area contributed by atoms with Crippen molar-refractivity contribution in [2.45, 2.75) is 34.5 Å². The third-order valence-corrected chi connectivity index (χ3v) is 5.55. The lowest BCUT2D eigenvalue weighted by atomic mass is 10.0. The molecule has 0 saturated heterocycles. The van der Waals surface area contributed by atoms with Crippen molar-refractivity contribution < 1.29 is 32.9 Å². The average Bonchev–Trinajstić information content (AvgIpc) is 2.78. The van der Waals surface area contributed by atoms with E-state index < -0.39 is 18.3 Å². The largest absolute Gasteiger partial charge is 0.507 e. The number of methoxy groups -OCH3 is 1. The van der Waals surface area contributed by atoms with E-state index in [2.05, 4.69) is 10.6 Å². The summed E-state index contributed by atoms with van der Waals surface area (Å²) in [7, 11) is 4.99. The van der Waals surface area contributed by atoms with Gasteiger partial charge in [-0.3, -0.25) is 0 Å². The van der Waals surface area contributed by atoms with E-state index in [1.807, 2.05) is 0 Å². The van der Waals surface area contributed by atoms with Crippen molar-refractivity contribution in [2.24, 2.45) is 0 Å². The number of aliphatic hydroxyl groups is 2. The fraction of sp³-hybridized carbons (Fsp3) is 0.429. The number of phenolic OH excluding ortho intramolecular Hbond substituents is 2. The van der Waals surface area contributed by atoms with Crippen LogP contribution in [-0.2, 0) is 4.74 Å². The molecule has 0 saturated carbocycles. The number of benzene rings is 2. The van der Waals surface area contributed by atoms with E-state index in [1.54, 1.807) is 26.2 Å². The predicted octanol–water partition coefficient (Wildman–Crippen LogP) is 3.65. The fourth-order valence-corrected chi connectivity index (χ4v) is 3.38. The van der Waals surface area contributed by atoms with Crippen molar-refractivity contribution >= 4 is 24.3 Å². The Morgan fingerprint density at radius 3 is 1.88 bits per heavy atom. The second-order valence-electron chi connectivity index (χ2n) is 6.80. The molecule has 0 aliphatic rings. The number of hydrogen-bond acceptors (Lipinski definition) is 9. The predicted molar refractivity (Wildman–Crippen MR) is 123 cm³/mol. The van der Waals surface area contributed by atoms with Crippen molar-refractivity contribution in [1.29, 1.82) is 0 Å². The summed E-state index contributed by atoms with van der Waals surface area (Å²) in [6, 6.07) is 8.93. The Bertz CT molecular complexity index is 820. The first-order chi connectivity index (χ1) is 15.3. The minimum Gasteiger partial charge on any atom is -0.507 e. The summed E-state index contributed by atoms with van der Waals surface area (Å²) in [5.41, 5.74) is 1.20. The summed E-state index contributed by atoms with van der Waals surface area (Å²) in [5, 5.41) is 44.2. The van der Waals surface area contributed by atoms with Gasteiger partial charge in [0.25, 0.3) is 0 Å². The van der Waals surface area contributed by atoms with Crippen molar-refractivity contribution in [3.8, 4) is 11.5 Å². The molecule has 3 atom stereocenters. The smallest absolute Gasteiger partial charge is 0.132 e. The maximum Gasteiger partial charge on any atom is 0.132 e. The summed E-state index contributed by atoms with van der Waals surface area (Å²) in [6.45, 7) is 1.04. The van der Waals surface area contributed by atoms with Gasteiger partial charge in [-0.25, -0.2) is 0 Å². The minimum atomic E-state index is -0.742. The summed E-state index contributed by atoms with van der Waals surface area (Å²) in [6.07, 6.45) is -1.39. The Kier molecular flexibility index (Phi) is 13.6.